The zero-order chi connectivity index (χ0) is 34.9. The molecule has 0 fully saturated rings. The third-order valence-corrected chi connectivity index (χ3v) is 10.8. The van der Waals surface area contributed by atoms with Gasteiger partial charge in [0.15, 0.2) is 0 Å². The second-order valence-corrected chi connectivity index (χ2v) is 13.7. The van der Waals surface area contributed by atoms with Gasteiger partial charge in [0.05, 0.1) is 22.4 Å². The minimum absolute atomic E-state index is 0.882. The lowest BCUT2D eigenvalue weighted by Crippen LogP contribution is -2.11. The van der Waals surface area contributed by atoms with Crippen LogP contribution in [0.2, 0.25) is 0 Å². The Bertz CT molecular complexity index is 3130. The van der Waals surface area contributed by atoms with Gasteiger partial charge in [0.25, 0.3) is 0 Å². The van der Waals surface area contributed by atoms with Crippen LogP contribution in [0.3, 0.4) is 0 Å². The van der Waals surface area contributed by atoms with Crippen molar-refractivity contribution in [3.8, 4) is 16.8 Å². The molecular formula is C50H32N2O. The molecule has 0 radical (unpaired) electrons. The standard InChI is InChI=1S/C50H32N2O/c1-2-14-37-33(12-1)13-11-20-38(37)34-24-26-35(27-25-34)51(36-28-31-50-44(32-36)43-19-7-10-23-49(43)53-50)47-29-30-48(42-16-4-3-15-41(42)47)52-45-21-8-5-17-39(45)40-18-6-9-22-46(40)52/h1-32H. The summed E-state index contributed by atoms with van der Waals surface area (Å²) in [4.78, 5) is 2.39. The average molecular weight is 677 g/mol. The molecule has 0 aliphatic carbocycles. The first-order chi connectivity index (χ1) is 26.3. The first-order valence-electron chi connectivity index (χ1n) is 18.1. The number of anilines is 3. The third-order valence-electron chi connectivity index (χ3n) is 10.8. The Morgan fingerprint density at radius 1 is 0.377 bits per heavy atom. The van der Waals surface area contributed by atoms with Gasteiger partial charge in [-0.15, -0.1) is 0 Å². The van der Waals surface area contributed by atoms with Crippen LogP contribution < -0.4 is 4.90 Å². The van der Waals surface area contributed by atoms with Crippen molar-refractivity contribution < 1.29 is 4.42 Å². The van der Waals surface area contributed by atoms with Gasteiger partial charge in [-0.2, -0.15) is 0 Å². The molecule has 0 bridgehead atoms. The molecule has 0 saturated carbocycles. The Balaban J connectivity index is 1.14. The van der Waals surface area contributed by atoms with E-state index < -0.39 is 0 Å². The number of fused-ring (bicyclic) bond motifs is 8. The number of nitrogens with zero attached hydrogens (tertiary/aromatic N) is 2. The summed E-state index contributed by atoms with van der Waals surface area (Å²) in [6, 6.07) is 69.8. The zero-order valence-electron chi connectivity index (χ0n) is 28.8. The second kappa shape index (κ2) is 11.7. The van der Waals surface area contributed by atoms with Crippen LogP contribution in [0.1, 0.15) is 0 Å². The van der Waals surface area contributed by atoms with Gasteiger partial charge in [-0.25, -0.2) is 0 Å². The predicted octanol–water partition coefficient (Wildman–Crippen LogP) is 14.1. The van der Waals surface area contributed by atoms with E-state index in [1.165, 1.54) is 54.5 Å². The Morgan fingerprint density at radius 2 is 0.962 bits per heavy atom. The van der Waals surface area contributed by atoms with E-state index in [9.17, 15) is 0 Å². The molecule has 0 aliphatic rings. The molecule has 0 unspecified atom stereocenters. The zero-order valence-corrected chi connectivity index (χ0v) is 28.8. The largest absolute Gasteiger partial charge is 0.456 e. The lowest BCUT2D eigenvalue weighted by atomic mass is 9.98. The van der Waals surface area contributed by atoms with Gasteiger partial charge in [-0.1, -0.05) is 133 Å². The molecule has 0 amide bonds. The highest BCUT2D eigenvalue weighted by Crippen LogP contribution is 2.44. The SMILES string of the molecule is c1ccc2c(-c3ccc(N(c4ccc5oc6ccccc6c5c4)c4ccc(-n5c6ccccc6c6ccccc65)c5ccccc45)cc3)cccc2c1. The lowest BCUT2D eigenvalue weighted by Gasteiger charge is -2.28. The Morgan fingerprint density at radius 3 is 1.74 bits per heavy atom. The number of benzene rings is 9. The molecule has 2 heterocycles. The molecular weight excluding hydrogens is 645 g/mol. The summed E-state index contributed by atoms with van der Waals surface area (Å²) in [5.41, 5.74) is 11.0. The molecule has 11 rings (SSSR count). The van der Waals surface area contributed by atoms with Crippen molar-refractivity contribution in [1.29, 1.82) is 0 Å². The van der Waals surface area contributed by atoms with Gasteiger partial charge in [-0.3, -0.25) is 0 Å². The molecule has 2 aromatic heterocycles. The Hall–Kier alpha value is -7.10. The highest BCUT2D eigenvalue weighted by atomic mass is 16.3. The number of hydrogen-bond acceptors (Lipinski definition) is 2. The van der Waals surface area contributed by atoms with Crippen molar-refractivity contribution in [3.63, 3.8) is 0 Å². The highest BCUT2D eigenvalue weighted by molar-refractivity contribution is 6.12. The third kappa shape index (κ3) is 4.61. The molecule has 9 aromatic carbocycles. The molecule has 0 aliphatic heterocycles. The number of hydrogen-bond donors (Lipinski definition) is 0. The molecule has 3 nitrogen and oxygen atoms in total. The van der Waals surface area contributed by atoms with E-state index in [1.54, 1.807) is 0 Å². The summed E-state index contributed by atoms with van der Waals surface area (Å²) in [5, 5.41) is 9.57. The molecule has 11 aromatic rings. The highest BCUT2D eigenvalue weighted by Gasteiger charge is 2.21. The summed E-state index contributed by atoms with van der Waals surface area (Å²) in [6.07, 6.45) is 0. The van der Waals surface area contributed by atoms with Crippen molar-refractivity contribution in [2.75, 3.05) is 4.90 Å². The molecule has 53 heavy (non-hydrogen) atoms. The van der Waals surface area contributed by atoms with Crippen LogP contribution in [0.25, 0.3) is 82.1 Å². The first kappa shape index (κ1) is 29.6. The molecule has 248 valence electrons. The van der Waals surface area contributed by atoms with Crippen molar-refractivity contribution in [1.82, 2.24) is 4.57 Å². The molecule has 0 saturated heterocycles. The smallest absolute Gasteiger partial charge is 0.135 e. The Kier molecular flexibility index (Phi) is 6.55. The van der Waals surface area contributed by atoms with Crippen LogP contribution in [0.5, 0.6) is 0 Å². The fourth-order valence-corrected chi connectivity index (χ4v) is 8.39. The summed E-state index contributed by atoms with van der Waals surface area (Å²) in [6.45, 7) is 0. The van der Waals surface area contributed by atoms with Gasteiger partial charge < -0.3 is 13.9 Å². The average Bonchev–Trinajstić information content (AvgIpc) is 3.77. The van der Waals surface area contributed by atoms with Crippen molar-refractivity contribution in [2.45, 2.75) is 0 Å². The number of rotatable bonds is 5. The molecule has 0 atom stereocenters. The van der Waals surface area contributed by atoms with Crippen molar-refractivity contribution >= 4 is 82.4 Å². The summed E-state index contributed by atoms with van der Waals surface area (Å²) < 4.78 is 8.70. The van der Waals surface area contributed by atoms with E-state index in [1.807, 2.05) is 12.1 Å². The minimum atomic E-state index is 0.882. The fourth-order valence-electron chi connectivity index (χ4n) is 8.39. The maximum Gasteiger partial charge on any atom is 0.135 e. The van der Waals surface area contributed by atoms with Gasteiger partial charge >= 0.3 is 0 Å². The quantitative estimate of drug-likeness (QED) is 0.181. The number of aromatic nitrogens is 1. The van der Waals surface area contributed by atoms with E-state index in [2.05, 4.69) is 191 Å². The lowest BCUT2D eigenvalue weighted by molar-refractivity contribution is 0.669. The molecule has 0 N–H and O–H groups in total. The first-order valence-corrected chi connectivity index (χ1v) is 18.1. The fraction of sp³-hybridized carbons (Fsp3) is 0. The van der Waals surface area contributed by atoms with Crippen LogP contribution in [0.4, 0.5) is 17.1 Å². The van der Waals surface area contributed by atoms with Crippen LogP contribution in [-0.4, -0.2) is 4.57 Å². The summed E-state index contributed by atoms with van der Waals surface area (Å²) >= 11 is 0. The number of furan rings is 1. The van der Waals surface area contributed by atoms with E-state index in [0.29, 0.717) is 0 Å². The Labute approximate surface area is 306 Å². The normalized spacial score (nSPS) is 11.8. The molecule has 3 heteroatoms. The topological polar surface area (TPSA) is 21.3 Å². The monoisotopic (exact) mass is 676 g/mol. The molecule has 0 spiro atoms. The van der Waals surface area contributed by atoms with Crippen molar-refractivity contribution in [2.24, 2.45) is 0 Å². The van der Waals surface area contributed by atoms with Gasteiger partial charge in [0, 0.05) is 43.7 Å². The van der Waals surface area contributed by atoms with E-state index >= 15 is 0 Å². The van der Waals surface area contributed by atoms with Crippen LogP contribution in [-0.2, 0) is 0 Å². The van der Waals surface area contributed by atoms with Gasteiger partial charge in [0.2, 0.25) is 0 Å². The predicted molar refractivity (Wildman–Crippen MR) is 223 cm³/mol. The summed E-state index contributed by atoms with van der Waals surface area (Å²) in [7, 11) is 0. The van der Waals surface area contributed by atoms with E-state index in [0.717, 1.165) is 44.7 Å². The van der Waals surface area contributed by atoms with Crippen LogP contribution in [0, 0.1) is 0 Å². The van der Waals surface area contributed by atoms with Gasteiger partial charge in [-0.05, 0) is 82.6 Å². The maximum atomic E-state index is 6.27. The van der Waals surface area contributed by atoms with Crippen LogP contribution in [0.15, 0.2) is 199 Å². The van der Waals surface area contributed by atoms with Crippen molar-refractivity contribution in [3.05, 3.63) is 194 Å². The van der Waals surface area contributed by atoms with Gasteiger partial charge in [0.1, 0.15) is 11.2 Å². The number of para-hydroxylation sites is 3. The van der Waals surface area contributed by atoms with Crippen LogP contribution >= 0.6 is 0 Å². The maximum absolute atomic E-state index is 6.27. The minimum Gasteiger partial charge on any atom is -0.456 e. The summed E-state index contributed by atoms with van der Waals surface area (Å²) in [5.74, 6) is 0. The second-order valence-electron chi connectivity index (χ2n) is 13.7. The van der Waals surface area contributed by atoms with E-state index in [4.69, 9.17) is 4.42 Å². The van der Waals surface area contributed by atoms with E-state index in [-0.39, 0.29) is 0 Å².